The number of carbonyl (C=O) groups is 2. The second-order valence-corrected chi connectivity index (χ2v) is 7.62. The number of hydrogen-bond acceptors (Lipinski definition) is 7. The normalized spacial score (nSPS) is 13.0. The number of hydrogen-bond donors (Lipinski definition) is 1. The standard InChI is InChI=1S/C21H26N4O4/c1-5-28-19-15(18(27)22-13-17(26)29-21(2,3)4)12-23-20(24-19)25-11-10-14-8-6-7-9-16(14)25/h6-9,12H,5,10-11,13H2,1-4H3,(H,22,27). The van der Waals surface area contributed by atoms with E-state index in [-0.39, 0.29) is 18.0 Å². The lowest BCUT2D eigenvalue weighted by molar-refractivity contribution is -0.153. The summed E-state index contributed by atoms with van der Waals surface area (Å²) in [6.45, 7) is 7.97. The maximum atomic E-state index is 12.5. The molecule has 0 fully saturated rings. The number of aromatic nitrogens is 2. The molecule has 1 aromatic heterocycles. The summed E-state index contributed by atoms with van der Waals surface area (Å²) in [5.41, 5.74) is 1.84. The second kappa shape index (κ2) is 8.46. The molecule has 3 rings (SSSR count). The molecule has 0 radical (unpaired) electrons. The molecule has 1 aromatic carbocycles. The molecule has 0 atom stereocenters. The monoisotopic (exact) mass is 398 g/mol. The van der Waals surface area contributed by atoms with Crippen LogP contribution in [0.1, 0.15) is 43.6 Å². The topological polar surface area (TPSA) is 93.6 Å². The summed E-state index contributed by atoms with van der Waals surface area (Å²) in [6.07, 6.45) is 2.33. The van der Waals surface area contributed by atoms with Crippen molar-refractivity contribution >= 4 is 23.5 Å². The number of rotatable bonds is 6. The summed E-state index contributed by atoms with van der Waals surface area (Å²) in [7, 11) is 0. The number of carbonyl (C=O) groups excluding carboxylic acids is 2. The molecule has 29 heavy (non-hydrogen) atoms. The maximum absolute atomic E-state index is 12.5. The first-order chi connectivity index (χ1) is 13.8. The summed E-state index contributed by atoms with van der Waals surface area (Å²) in [4.78, 5) is 35.2. The van der Waals surface area contributed by atoms with E-state index in [4.69, 9.17) is 9.47 Å². The van der Waals surface area contributed by atoms with Gasteiger partial charge in [-0.3, -0.25) is 9.59 Å². The van der Waals surface area contributed by atoms with E-state index in [1.807, 2.05) is 30.0 Å². The van der Waals surface area contributed by atoms with E-state index >= 15 is 0 Å². The Balaban J connectivity index is 1.76. The Labute approximate surface area is 170 Å². The minimum Gasteiger partial charge on any atom is -0.477 e. The van der Waals surface area contributed by atoms with Crippen molar-refractivity contribution in [2.24, 2.45) is 0 Å². The predicted octanol–water partition coefficient (Wildman–Crippen LogP) is 2.64. The second-order valence-electron chi connectivity index (χ2n) is 7.62. The lowest BCUT2D eigenvalue weighted by Crippen LogP contribution is -2.35. The molecule has 0 spiro atoms. The Morgan fingerprint density at radius 1 is 1.24 bits per heavy atom. The minimum atomic E-state index is -0.616. The quantitative estimate of drug-likeness (QED) is 0.748. The molecule has 1 aliphatic rings. The van der Waals surface area contributed by atoms with Crippen molar-refractivity contribution in [2.45, 2.75) is 39.7 Å². The van der Waals surface area contributed by atoms with Crippen LogP contribution >= 0.6 is 0 Å². The Morgan fingerprint density at radius 3 is 2.72 bits per heavy atom. The van der Waals surface area contributed by atoms with Crippen LogP contribution in [0.5, 0.6) is 5.88 Å². The zero-order valence-electron chi connectivity index (χ0n) is 17.2. The number of ether oxygens (including phenoxy) is 2. The lowest BCUT2D eigenvalue weighted by atomic mass is 10.2. The Hall–Kier alpha value is -3.16. The Kier molecular flexibility index (Phi) is 6.00. The van der Waals surface area contributed by atoms with E-state index in [0.717, 1.165) is 18.7 Å². The molecule has 8 nitrogen and oxygen atoms in total. The van der Waals surface area contributed by atoms with Crippen LogP contribution in [0.4, 0.5) is 11.6 Å². The fourth-order valence-corrected chi connectivity index (χ4v) is 3.06. The molecule has 0 unspecified atom stereocenters. The van der Waals surface area contributed by atoms with E-state index in [1.165, 1.54) is 11.8 Å². The highest BCUT2D eigenvalue weighted by molar-refractivity contribution is 5.97. The highest BCUT2D eigenvalue weighted by Crippen LogP contribution is 2.33. The molecule has 2 aromatic rings. The number of anilines is 2. The van der Waals surface area contributed by atoms with Crippen LogP contribution in [0.3, 0.4) is 0 Å². The van der Waals surface area contributed by atoms with Gasteiger partial charge in [0.15, 0.2) is 0 Å². The number of nitrogens with one attached hydrogen (secondary N) is 1. The van der Waals surface area contributed by atoms with Gasteiger partial charge in [0.1, 0.15) is 17.7 Å². The zero-order chi connectivity index (χ0) is 21.0. The van der Waals surface area contributed by atoms with Crippen LogP contribution in [0.15, 0.2) is 30.5 Å². The SMILES string of the molecule is CCOc1nc(N2CCc3ccccc32)ncc1C(=O)NCC(=O)OC(C)(C)C. The summed E-state index contributed by atoms with van der Waals surface area (Å²) in [6, 6.07) is 8.08. The van der Waals surface area contributed by atoms with Crippen molar-refractivity contribution in [3.05, 3.63) is 41.6 Å². The van der Waals surface area contributed by atoms with Crippen LogP contribution in [-0.4, -0.2) is 47.1 Å². The molecule has 1 aliphatic heterocycles. The molecule has 8 heteroatoms. The van der Waals surface area contributed by atoms with Gasteiger partial charge in [0.05, 0.1) is 6.61 Å². The molecular weight excluding hydrogens is 372 g/mol. The molecular formula is C21H26N4O4. The average Bonchev–Trinajstić information content (AvgIpc) is 3.09. The summed E-state index contributed by atoms with van der Waals surface area (Å²) < 4.78 is 10.8. The third-order valence-electron chi connectivity index (χ3n) is 4.21. The Morgan fingerprint density at radius 2 is 2.00 bits per heavy atom. The van der Waals surface area contributed by atoms with Crippen molar-refractivity contribution in [2.75, 3.05) is 24.6 Å². The van der Waals surface area contributed by atoms with Crippen LogP contribution in [0.25, 0.3) is 0 Å². The molecule has 0 saturated carbocycles. The highest BCUT2D eigenvalue weighted by atomic mass is 16.6. The maximum Gasteiger partial charge on any atom is 0.325 e. The summed E-state index contributed by atoms with van der Waals surface area (Å²) >= 11 is 0. The van der Waals surface area contributed by atoms with Gasteiger partial charge in [-0.25, -0.2) is 4.98 Å². The minimum absolute atomic E-state index is 0.173. The van der Waals surface area contributed by atoms with Gasteiger partial charge in [-0.2, -0.15) is 4.98 Å². The van der Waals surface area contributed by atoms with Gasteiger partial charge in [0.2, 0.25) is 11.8 Å². The fraction of sp³-hybridized carbons (Fsp3) is 0.429. The van der Waals surface area contributed by atoms with E-state index in [0.29, 0.717) is 12.6 Å². The molecule has 2 heterocycles. The van der Waals surface area contributed by atoms with Gasteiger partial charge in [-0.05, 0) is 45.7 Å². The van der Waals surface area contributed by atoms with Crippen LogP contribution in [0.2, 0.25) is 0 Å². The van der Waals surface area contributed by atoms with E-state index in [2.05, 4.69) is 21.4 Å². The number of nitrogens with zero attached hydrogens (tertiary/aromatic N) is 3. The summed E-state index contributed by atoms with van der Waals surface area (Å²) in [5.74, 6) is -0.353. The predicted molar refractivity (Wildman–Crippen MR) is 109 cm³/mol. The lowest BCUT2D eigenvalue weighted by Gasteiger charge is -2.20. The van der Waals surface area contributed by atoms with Gasteiger partial charge in [-0.15, -0.1) is 0 Å². The van der Waals surface area contributed by atoms with E-state index < -0.39 is 17.5 Å². The number of amides is 1. The first-order valence-corrected chi connectivity index (χ1v) is 9.64. The van der Waals surface area contributed by atoms with Crippen LogP contribution in [-0.2, 0) is 16.0 Å². The number of esters is 1. The van der Waals surface area contributed by atoms with Crippen molar-refractivity contribution in [1.82, 2.24) is 15.3 Å². The summed E-state index contributed by atoms with van der Waals surface area (Å²) in [5, 5.41) is 2.54. The average molecular weight is 398 g/mol. The number of para-hydroxylation sites is 1. The fourth-order valence-electron chi connectivity index (χ4n) is 3.06. The van der Waals surface area contributed by atoms with Crippen molar-refractivity contribution in [3.63, 3.8) is 0 Å². The largest absolute Gasteiger partial charge is 0.477 e. The van der Waals surface area contributed by atoms with E-state index in [9.17, 15) is 9.59 Å². The third-order valence-corrected chi connectivity index (χ3v) is 4.21. The van der Waals surface area contributed by atoms with Crippen molar-refractivity contribution in [3.8, 4) is 5.88 Å². The Bertz CT molecular complexity index is 908. The molecule has 1 N–H and O–H groups in total. The van der Waals surface area contributed by atoms with Crippen molar-refractivity contribution in [1.29, 1.82) is 0 Å². The van der Waals surface area contributed by atoms with Gasteiger partial charge >= 0.3 is 5.97 Å². The van der Waals surface area contributed by atoms with Crippen molar-refractivity contribution < 1.29 is 19.1 Å². The van der Waals surface area contributed by atoms with E-state index in [1.54, 1.807) is 20.8 Å². The molecule has 0 bridgehead atoms. The van der Waals surface area contributed by atoms with Gasteiger partial charge in [0.25, 0.3) is 5.91 Å². The van der Waals surface area contributed by atoms with Gasteiger partial charge < -0.3 is 19.7 Å². The zero-order valence-corrected chi connectivity index (χ0v) is 17.2. The first-order valence-electron chi connectivity index (χ1n) is 9.64. The third kappa shape index (κ3) is 5.01. The molecule has 1 amide bonds. The van der Waals surface area contributed by atoms with Crippen LogP contribution < -0.4 is 15.0 Å². The highest BCUT2D eigenvalue weighted by Gasteiger charge is 2.25. The number of benzene rings is 1. The number of fused-ring (bicyclic) bond motifs is 1. The van der Waals surface area contributed by atoms with Gasteiger partial charge in [-0.1, -0.05) is 18.2 Å². The molecule has 154 valence electrons. The molecule has 0 saturated heterocycles. The van der Waals surface area contributed by atoms with Gasteiger partial charge in [0, 0.05) is 18.4 Å². The smallest absolute Gasteiger partial charge is 0.325 e. The van der Waals surface area contributed by atoms with Crippen LogP contribution in [0, 0.1) is 0 Å². The molecule has 0 aliphatic carbocycles. The first kappa shape index (κ1) is 20.6.